The molecule has 1 aromatic carbocycles. The molecule has 0 aromatic heterocycles. The molecule has 4 heteroatoms. The zero-order valence-corrected chi connectivity index (χ0v) is 13.3. The number of rotatable bonds is 1. The Bertz CT molecular complexity index is 492. The number of anilines is 1. The molecule has 1 aromatic rings. The summed E-state index contributed by atoms with van der Waals surface area (Å²) in [6.45, 7) is 1.81. The van der Waals surface area contributed by atoms with Crippen LogP contribution in [0.5, 0.6) is 0 Å². The molecule has 1 amide bonds. The fourth-order valence-corrected chi connectivity index (χ4v) is 3.95. The second-order valence-electron chi connectivity index (χ2n) is 6.48. The normalized spacial score (nSPS) is 20.9. The average molecular weight is 309 g/mol. The third-order valence-electron chi connectivity index (χ3n) is 5.05. The van der Waals surface area contributed by atoms with Crippen LogP contribution >= 0.6 is 12.4 Å². The van der Waals surface area contributed by atoms with Gasteiger partial charge in [-0.25, -0.2) is 0 Å². The number of nitrogens with two attached hydrogens (primary N) is 1. The molecule has 3 rings (SSSR count). The van der Waals surface area contributed by atoms with E-state index in [1.807, 2.05) is 29.2 Å². The van der Waals surface area contributed by atoms with E-state index >= 15 is 0 Å². The second kappa shape index (κ2) is 6.69. The lowest BCUT2D eigenvalue weighted by Gasteiger charge is -2.45. The van der Waals surface area contributed by atoms with E-state index in [2.05, 4.69) is 0 Å². The topological polar surface area (TPSA) is 46.3 Å². The van der Waals surface area contributed by atoms with E-state index in [-0.39, 0.29) is 18.3 Å². The Balaban J connectivity index is 0.00000161. The van der Waals surface area contributed by atoms with Gasteiger partial charge in [0.25, 0.3) is 5.91 Å². The molecule has 0 unspecified atom stereocenters. The van der Waals surface area contributed by atoms with Crippen molar-refractivity contribution in [1.82, 2.24) is 4.90 Å². The number of carbonyl (C=O) groups excluding carboxylic acids is 1. The quantitative estimate of drug-likeness (QED) is 0.800. The number of nitrogens with zero attached hydrogens (tertiary/aromatic N) is 1. The number of para-hydroxylation sites is 1. The van der Waals surface area contributed by atoms with Gasteiger partial charge in [-0.3, -0.25) is 4.79 Å². The zero-order chi connectivity index (χ0) is 14.0. The highest BCUT2D eigenvalue weighted by Gasteiger charge is 2.38. The Morgan fingerprint density at radius 3 is 2.43 bits per heavy atom. The average Bonchev–Trinajstić information content (AvgIpc) is 2.48. The van der Waals surface area contributed by atoms with Gasteiger partial charge in [0.15, 0.2) is 0 Å². The molecule has 1 spiro atoms. The van der Waals surface area contributed by atoms with Crippen molar-refractivity contribution in [3.8, 4) is 0 Å². The summed E-state index contributed by atoms with van der Waals surface area (Å²) in [5.41, 5.74) is 7.61. The number of amides is 1. The highest BCUT2D eigenvalue weighted by atomic mass is 35.5. The van der Waals surface area contributed by atoms with Gasteiger partial charge < -0.3 is 10.6 Å². The Morgan fingerprint density at radius 1 is 1.05 bits per heavy atom. The fraction of sp³-hybridized carbons (Fsp3) is 0.588. The predicted molar refractivity (Wildman–Crippen MR) is 88.8 cm³/mol. The summed E-state index contributed by atoms with van der Waals surface area (Å²) in [7, 11) is 0. The van der Waals surface area contributed by atoms with Crippen LogP contribution in [-0.2, 0) is 0 Å². The summed E-state index contributed by atoms with van der Waals surface area (Å²) in [4.78, 5) is 14.7. The maximum Gasteiger partial charge on any atom is 0.255 e. The Kier molecular flexibility index (Phi) is 5.15. The fourth-order valence-electron chi connectivity index (χ4n) is 3.95. The molecular weight excluding hydrogens is 284 g/mol. The number of benzene rings is 1. The molecule has 1 heterocycles. The molecule has 116 valence electrons. The summed E-state index contributed by atoms with van der Waals surface area (Å²) in [5, 5.41) is 0. The smallest absolute Gasteiger partial charge is 0.255 e. The van der Waals surface area contributed by atoms with Crippen molar-refractivity contribution in [2.75, 3.05) is 18.8 Å². The van der Waals surface area contributed by atoms with E-state index in [0.29, 0.717) is 16.7 Å². The van der Waals surface area contributed by atoms with Crippen molar-refractivity contribution in [3.05, 3.63) is 29.8 Å². The Hall–Kier alpha value is -1.22. The minimum absolute atomic E-state index is 0. The summed E-state index contributed by atoms with van der Waals surface area (Å²) in [6, 6.07) is 7.43. The van der Waals surface area contributed by atoms with Crippen LogP contribution in [0.3, 0.4) is 0 Å². The van der Waals surface area contributed by atoms with E-state index in [9.17, 15) is 4.79 Å². The Morgan fingerprint density at radius 2 is 1.71 bits per heavy atom. The third kappa shape index (κ3) is 3.34. The molecule has 1 aliphatic carbocycles. The van der Waals surface area contributed by atoms with Gasteiger partial charge in [-0.05, 0) is 43.2 Å². The molecule has 3 nitrogen and oxygen atoms in total. The van der Waals surface area contributed by atoms with Gasteiger partial charge in [0.2, 0.25) is 0 Å². The number of piperidine rings is 1. The van der Waals surface area contributed by atoms with Crippen molar-refractivity contribution in [2.45, 2.75) is 44.9 Å². The van der Waals surface area contributed by atoms with E-state index in [1.54, 1.807) is 0 Å². The lowest BCUT2D eigenvalue weighted by Crippen LogP contribution is -2.47. The van der Waals surface area contributed by atoms with Gasteiger partial charge in [0.05, 0.1) is 5.56 Å². The SMILES string of the molecule is Cl.Nc1ccccc1C(=O)N1CCCC2(CCCCC2)C1. The van der Waals surface area contributed by atoms with Crippen LogP contribution in [0, 0.1) is 5.41 Å². The van der Waals surface area contributed by atoms with E-state index in [4.69, 9.17) is 5.73 Å². The first kappa shape index (κ1) is 16.2. The molecule has 1 saturated carbocycles. The van der Waals surface area contributed by atoms with Crippen LogP contribution < -0.4 is 5.73 Å². The molecule has 1 aliphatic heterocycles. The summed E-state index contributed by atoms with van der Waals surface area (Å²) < 4.78 is 0. The van der Waals surface area contributed by atoms with Crippen LogP contribution in [0.4, 0.5) is 5.69 Å². The minimum Gasteiger partial charge on any atom is -0.398 e. The minimum atomic E-state index is 0. The van der Waals surface area contributed by atoms with Gasteiger partial charge in [-0.2, -0.15) is 0 Å². The molecule has 2 aliphatic rings. The summed E-state index contributed by atoms with van der Waals surface area (Å²) in [6.07, 6.45) is 9.04. The van der Waals surface area contributed by atoms with E-state index < -0.39 is 0 Å². The first-order valence-corrected chi connectivity index (χ1v) is 7.84. The van der Waals surface area contributed by atoms with Crippen molar-refractivity contribution in [3.63, 3.8) is 0 Å². The van der Waals surface area contributed by atoms with E-state index in [1.165, 1.54) is 38.5 Å². The maximum atomic E-state index is 12.7. The molecule has 0 bridgehead atoms. The van der Waals surface area contributed by atoms with Crippen molar-refractivity contribution in [2.24, 2.45) is 5.41 Å². The van der Waals surface area contributed by atoms with Gasteiger partial charge in [0, 0.05) is 18.8 Å². The monoisotopic (exact) mass is 308 g/mol. The highest BCUT2D eigenvalue weighted by Crippen LogP contribution is 2.43. The van der Waals surface area contributed by atoms with Crippen LogP contribution in [0.2, 0.25) is 0 Å². The number of hydrogen-bond donors (Lipinski definition) is 1. The first-order chi connectivity index (χ1) is 9.70. The second-order valence-corrected chi connectivity index (χ2v) is 6.48. The predicted octanol–water partition coefficient (Wildman–Crippen LogP) is 3.88. The lowest BCUT2D eigenvalue weighted by molar-refractivity contribution is 0.0385. The largest absolute Gasteiger partial charge is 0.398 e. The maximum absolute atomic E-state index is 12.7. The molecule has 0 atom stereocenters. The molecular formula is C17H25ClN2O. The van der Waals surface area contributed by atoms with Gasteiger partial charge >= 0.3 is 0 Å². The molecule has 2 N–H and O–H groups in total. The van der Waals surface area contributed by atoms with Crippen molar-refractivity contribution in [1.29, 1.82) is 0 Å². The van der Waals surface area contributed by atoms with Crippen LogP contribution in [-0.4, -0.2) is 23.9 Å². The number of likely N-dealkylation sites (tertiary alicyclic amines) is 1. The zero-order valence-electron chi connectivity index (χ0n) is 12.5. The van der Waals surface area contributed by atoms with Crippen molar-refractivity contribution >= 4 is 24.0 Å². The highest BCUT2D eigenvalue weighted by molar-refractivity contribution is 5.99. The summed E-state index contributed by atoms with van der Waals surface area (Å²) in [5.74, 6) is 0.118. The van der Waals surface area contributed by atoms with E-state index in [0.717, 1.165) is 19.5 Å². The number of halogens is 1. The lowest BCUT2D eigenvalue weighted by atomic mass is 9.69. The first-order valence-electron chi connectivity index (χ1n) is 7.84. The number of carbonyl (C=O) groups is 1. The van der Waals surface area contributed by atoms with Gasteiger partial charge in [-0.1, -0.05) is 31.4 Å². The van der Waals surface area contributed by atoms with Crippen LogP contribution in [0.25, 0.3) is 0 Å². The van der Waals surface area contributed by atoms with Crippen LogP contribution in [0.15, 0.2) is 24.3 Å². The summed E-state index contributed by atoms with van der Waals surface area (Å²) >= 11 is 0. The Labute approximate surface area is 133 Å². The number of hydrogen-bond acceptors (Lipinski definition) is 2. The van der Waals surface area contributed by atoms with Crippen molar-refractivity contribution < 1.29 is 4.79 Å². The third-order valence-corrected chi connectivity index (χ3v) is 5.05. The van der Waals surface area contributed by atoms with Crippen LogP contribution in [0.1, 0.15) is 55.3 Å². The molecule has 21 heavy (non-hydrogen) atoms. The number of nitrogen functional groups attached to an aromatic ring is 1. The molecule has 2 fully saturated rings. The van der Waals surface area contributed by atoms with Gasteiger partial charge in [0.1, 0.15) is 0 Å². The molecule has 0 radical (unpaired) electrons. The standard InChI is InChI=1S/C17H24N2O.ClH/c18-15-8-3-2-7-14(15)16(20)19-12-6-11-17(13-19)9-4-1-5-10-17;/h2-3,7-8H,1,4-6,9-13,18H2;1H. The molecule has 1 saturated heterocycles. The van der Waals surface area contributed by atoms with Gasteiger partial charge in [-0.15, -0.1) is 12.4 Å².